The molecular weight excluding hydrogens is 510 g/mol. The highest BCUT2D eigenvalue weighted by Gasteiger charge is 2.23. The first kappa shape index (κ1) is 24.6. The molecule has 0 bridgehead atoms. The number of anilines is 1. The van der Waals surface area contributed by atoms with Crippen molar-refractivity contribution in [3.05, 3.63) is 80.7 Å². The molecule has 0 N–H and O–H groups in total. The van der Waals surface area contributed by atoms with Crippen LogP contribution in [-0.2, 0) is 10.0 Å². The van der Waals surface area contributed by atoms with Crippen LogP contribution in [0.3, 0.4) is 0 Å². The third-order valence-corrected chi connectivity index (χ3v) is 8.67. The van der Waals surface area contributed by atoms with Crippen molar-refractivity contribution in [2.75, 3.05) is 19.1 Å². The molecule has 10 nitrogen and oxygen atoms in total. The number of hydrazone groups is 1. The van der Waals surface area contributed by atoms with E-state index in [-0.39, 0.29) is 15.5 Å². The third kappa shape index (κ3) is 5.12. The van der Waals surface area contributed by atoms with Crippen LogP contribution in [0.4, 0.5) is 10.1 Å². The molecule has 2 heterocycles. The van der Waals surface area contributed by atoms with Crippen LogP contribution < -0.4 is 5.01 Å². The number of aryl methyl sites for hydroxylation is 1. The molecular formula is C22H19N5O5S3. The number of benzene rings is 2. The lowest BCUT2D eigenvalue weighted by Crippen LogP contribution is -2.26. The van der Waals surface area contributed by atoms with E-state index in [2.05, 4.69) is 10.1 Å². The highest BCUT2D eigenvalue weighted by Crippen LogP contribution is 2.31. The lowest BCUT2D eigenvalue weighted by Gasteiger charge is -2.15. The Hall–Kier alpha value is -3.52. The van der Waals surface area contributed by atoms with Crippen molar-refractivity contribution in [3.8, 4) is 0 Å². The number of hydrogen-bond acceptors (Lipinski definition) is 9. The topological polar surface area (TPSA) is 126 Å². The van der Waals surface area contributed by atoms with Crippen molar-refractivity contribution in [2.45, 2.75) is 11.8 Å². The van der Waals surface area contributed by atoms with Crippen LogP contribution in [-0.4, -0.2) is 48.8 Å². The van der Waals surface area contributed by atoms with E-state index < -0.39 is 20.9 Å². The fourth-order valence-electron chi connectivity index (χ4n) is 3.03. The second kappa shape index (κ2) is 9.62. The average molecular weight is 530 g/mol. The SMILES string of the molecule is Cc1ccc2nc(N(/N=C/c3ccc([N+](=O)[O-])s3)C(=O)c3ccc(S(=O)(=O)N(C)C)cc3)sc2c1. The summed E-state index contributed by atoms with van der Waals surface area (Å²) in [6, 6.07) is 14.1. The Balaban J connectivity index is 1.73. The number of aromatic nitrogens is 1. The molecule has 2 aromatic carbocycles. The fraction of sp³-hybridized carbons (Fsp3) is 0.136. The van der Waals surface area contributed by atoms with Crippen molar-refractivity contribution in [3.63, 3.8) is 0 Å². The normalized spacial score (nSPS) is 12.0. The molecule has 0 radical (unpaired) electrons. The average Bonchev–Trinajstić information content (AvgIpc) is 3.46. The van der Waals surface area contributed by atoms with Crippen LogP contribution >= 0.6 is 22.7 Å². The predicted octanol–water partition coefficient (Wildman–Crippen LogP) is 4.51. The van der Waals surface area contributed by atoms with Gasteiger partial charge in [0, 0.05) is 25.7 Å². The largest absolute Gasteiger partial charge is 0.324 e. The van der Waals surface area contributed by atoms with Crippen LogP contribution in [0, 0.1) is 17.0 Å². The molecule has 2 aromatic heterocycles. The minimum absolute atomic E-state index is 0.0440. The summed E-state index contributed by atoms with van der Waals surface area (Å²) in [5, 5.41) is 16.7. The van der Waals surface area contributed by atoms with Gasteiger partial charge in [0.1, 0.15) is 0 Å². The summed E-state index contributed by atoms with van der Waals surface area (Å²) in [4.78, 5) is 29.0. The number of carbonyl (C=O) groups excluding carboxylic acids is 1. The van der Waals surface area contributed by atoms with Gasteiger partial charge in [-0.2, -0.15) is 10.1 Å². The summed E-state index contributed by atoms with van der Waals surface area (Å²) < 4.78 is 26.7. The molecule has 0 fully saturated rings. The number of hydrogen-bond donors (Lipinski definition) is 0. The Morgan fingerprint density at radius 2 is 1.80 bits per heavy atom. The number of amides is 1. The molecule has 0 aliphatic rings. The molecule has 0 unspecified atom stereocenters. The summed E-state index contributed by atoms with van der Waals surface area (Å²) in [5.74, 6) is -0.531. The summed E-state index contributed by atoms with van der Waals surface area (Å²) >= 11 is 2.20. The van der Waals surface area contributed by atoms with Gasteiger partial charge in [-0.15, -0.1) is 0 Å². The second-order valence-corrected chi connectivity index (χ2v) is 11.8. The molecule has 13 heteroatoms. The number of thiophene rings is 1. The minimum atomic E-state index is -3.65. The number of sulfonamides is 1. The van der Waals surface area contributed by atoms with Gasteiger partial charge in [-0.3, -0.25) is 14.9 Å². The monoisotopic (exact) mass is 529 g/mol. The van der Waals surface area contributed by atoms with E-state index in [1.54, 1.807) is 0 Å². The van der Waals surface area contributed by atoms with Gasteiger partial charge in [0.25, 0.3) is 5.91 Å². The minimum Gasteiger partial charge on any atom is -0.267 e. The quantitative estimate of drug-likeness (QED) is 0.197. The van der Waals surface area contributed by atoms with Crippen molar-refractivity contribution >= 4 is 65.2 Å². The zero-order valence-corrected chi connectivity index (χ0v) is 21.2. The third-order valence-electron chi connectivity index (χ3n) is 4.88. The van der Waals surface area contributed by atoms with Crippen LogP contribution in [0.15, 0.2) is 64.6 Å². The van der Waals surface area contributed by atoms with Crippen LogP contribution in [0.1, 0.15) is 20.8 Å². The van der Waals surface area contributed by atoms with E-state index >= 15 is 0 Å². The number of thiazole rings is 1. The second-order valence-electron chi connectivity index (χ2n) is 7.57. The molecule has 1 amide bonds. The van der Waals surface area contributed by atoms with E-state index in [0.717, 1.165) is 30.9 Å². The van der Waals surface area contributed by atoms with Gasteiger partial charge in [-0.1, -0.05) is 28.7 Å². The van der Waals surface area contributed by atoms with Crippen LogP contribution in [0.25, 0.3) is 10.2 Å². The lowest BCUT2D eigenvalue weighted by atomic mass is 10.2. The molecule has 0 saturated heterocycles. The molecule has 4 rings (SSSR count). The van der Waals surface area contributed by atoms with Crippen molar-refractivity contribution in [1.29, 1.82) is 0 Å². The van der Waals surface area contributed by atoms with Crippen molar-refractivity contribution in [1.82, 2.24) is 9.29 Å². The van der Waals surface area contributed by atoms with Gasteiger partial charge in [-0.05, 0) is 55.0 Å². The summed E-state index contributed by atoms with van der Waals surface area (Å²) in [7, 11) is -0.799. The molecule has 35 heavy (non-hydrogen) atoms. The maximum atomic E-state index is 13.4. The van der Waals surface area contributed by atoms with Gasteiger partial charge >= 0.3 is 5.00 Å². The highest BCUT2D eigenvalue weighted by atomic mass is 32.2. The Labute approximate surface area is 209 Å². The molecule has 180 valence electrons. The maximum absolute atomic E-state index is 13.4. The lowest BCUT2D eigenvalue weighted by molar-refractivity contribution is -0.380. The van der Waals surface area contributed by atoms with Crippen molar-refractivity contribution in [2.24, 2.45) is 5.10 Å². The van der Waals surface area contributed by atoms with Crippen molar-refractivity contribution < 1.29 is 18.1 Å². The van der Waals surface area contributed by atoms with Gasteiger partial charge in [0.05, 0.1) is 31.1 Å². The smallest absolute Gasteiger partial charge is 0.267 e. The number of fused-ring (bicyclic) bond motifs is 1. The van der Waals surface area contributed by atoms with E-state index in [1.165, 1.54) is 68.0 Å². The highest BCUT2D eigenvalue weighted by molar-refractivity contribution is 7.89. The first-order chi connectivity index (χ1) is 16.6. The number of carbonyl (C=O) groups is 1. The fourth-order valence-corrected chi connectivity index (χ4v) is 5.64. The van der Waals surface area contributed by atoms with Gasteiger partial charge in [0.2, 0.25) is 15.2 Å². The zero-order chi connectivity index (χ0) is 25.3. The Morgan fingerprint density at radius 1 is 1.09 bits per heavy atom. The van der Waals surface area contributed by atoms with E-state index in [4.69, 9.17) is 0 Å². The Bertz CT molecular complexity index is 1560. The molecule has 0 aliphatic heterocycles. The number of nitro groups is 1. The van der Waals surface area contributed by atoms with Crippen LogP contribution in [0.5, 0.6) is 0 Å². The van der Waals surface area contributed by atoms with Gasteiger partial charge < -0.3 is 0 Å². The zero-order valence-electron chi connectivity index (χ0n) is 18.8. The van der Waals surface area contributed by atoms with Crippen LogP contribution in [0.2, 0.25) is 0 Å². The molecule has 0 atom stereocenters. The molecule has 0 aliphatic carbocycles. The van der Waals surface area contributed by atoms with E-state index in [1.807, 2.05) is 25.1 Å². The maximum Gasteiger partial charge on any atom is 0.324 e. The number of nitrogens with zero attached hydrogens (tertiary/aromatic N) is 5. The summed E-state index contributed by atoms with van der Waals surface area (Å²) in [6.45, 7) is 1.95. The summed E-state index contributed by atoms with van der Waals surface area (Å²) in [6.07, 6.45) is 1.36. The van der Waals surface area contributed by atoms with E-state index in [9.17, 15) is 23.3 Å². The Morgan fingerprint density at radius 3 is 2.43 bits per heavy atom. The Kier molecular flexibility index (Phi) is 6.76. The predicted molar refractivity (Wildman–Crippen MR) is 137 cm³/mol. The van der Waals surface area contributed by atoms with E-state index in [0.29, 0.717) is 15.5 Å². The molecule has 4 aromatic rings. The molecule has 0 saturated carbocycles. The summed E-state index contributed by atoms with van der Waals surface area (Å²) in [5.41, 5.74) is 1.94. The standard InChI is InChI=1S/C22H19N5O5S3/c1-14-4-10-18-19(12-14)34-22(24-18)26(23-13-16-7-11-20(33-16)27(29)30)21(28)15-5-8-17(9-6-15)35(31,32)25(2)3/h4-13H,1-3H3/b23-13+. The molecule has 0 spiro atoms. The van der Waals surface area contributed by atoms with Gasteiger partial charge in [0.15, 0.2) is 0 Å². The number of rotatable bonds is 7. The first-order valence-electron chi connectivity index (χ1n) is 10.1. The first-order valence-corrected chi connectivity index (χ1v) is 13.2. The van der Waals surface area contributed by atoms with Gasteiger partial charge in [-0.25, -0.2) is 17.7 Å².